The molecule has 1 fully saturated rings. The van der Waals surface area contributed by atoms with Crippen molar-refractivity contribution < 1.29 is 9.53 Å². The number of carbonyl (C=O) groups excluding carboxylic acids is 1. The van der Waals surface area contributed by atoms with E-state index in [1.54, 1.807) is 0 Å². The van der Waals surface area contributed by atoms with E-state index in [9.17, 15) is 4.79 Å². The molecule has 0 aromatic heterocycles. The number of hydrogen-bond donors (Lipinski definition) is 1. The number of aliphatic imine (C=N–C) groups is 1. The highest BCUT2D eigenvalue weighted by Gasteiger charge is 2.22. The van der Waals surface area contributed by atoms with Gasteiger partial charge in [0.25, 0.3) is 5.24 Å². The second-order valence-corrected chi connectivity index (χ2v) is 6.22. The quantitative estimate of drug-likeness (QED) is 0.809. The molecule has 25 heavy (non-hydrogen) atoms. The van der Waals surface area contributed by atoms with Gasteiger partial charge in [-0.3, -0.25) is 4.79 Å². The maximum absolute atomic E-state index is 11.7. The molecule has 0 bridgehead atoms. The number of rotatable bonds is 5. The van der Waals surface area contributed by atoms with Gasteiger partial charge < -0.3 is 10.1 Å². The zero-order valence-electron chi connectivity index (χ0n) is 13.8. The summed E-state index contributed by atoms with van der Waals surface area (Å²) in [6.45, 7) is 2.57. The number of allylic oxidation sites excluding steroid dienone is 2. The summed E-state index contributed by atoms with van der Waals surface area (Å²) in [4.78, 5) is 17.0. The Morgan fingerprint density at radius 1 is 1.12 bits per heavy atom. The number of nitrogens with zero attached hydrogens (tertiary/aromatic N) is 1. The number of benzene rings is 2. The van der Waals surface area contributed by atoms with Crippen LogP contribution in [0.15, 0.2) is 76.6 Å². The Morgan fingerprint density at radius 2 is 1.88 bits per heavy atom. The fraction of sp³-hybridized carbons (Fsp3) is 0.100. The van der Waals surface area contributed by atoms with Crippen LogP contribution in [0.2, 0.25) is 0 Å². The monoisotopic (exact) mass is 350 g/mol. The largest absolute Gasteiger partial charge is 0.494 e. The van der Waals surface area contributed by atoms with Crippen LogP contribution in [0.25, 0.3) is 6.08 Å². The molecule has 1 saturated heterocycles. The molecule has 0 aliphatic carbocycles. The molecule has 4 nitrogen and oxygen atoms in total. The van der Waals surface area contributed by atoms with Crippen molar-refractivity contribution in [3.05, 3.63) is 77.2 Å². The van der Waals surface area contributed by atoms with Crippen molar-refractivity contribution >= 4 is 34.6 Å². The predicted octanol–water partition coefficient (Wildman–Crippen LogP) is 5.17. The highest BCUT2D eigenvalue weighted by Crippen LogP contribution is 2.27. The minimum Gasteiger partial charge on any atom is -0.494 e. The number of carbonyl (C=O) groups is 1. The van der Waals surface area contributed by atoms with Gasteiger partial charge in [0.2, 0.25) is 0 Å². The fourth-order valence-electron chi connectivity index (χ4n) is 2.25. The van der Waals surface area contributed by atoms with Crippen LogP contribution in [0.4, 0.5) is 10.5 Å². The molecule has 1 heterocycles. The van der Waals surface area contributed by atoms with Crippen LogP contribution in [-0.2, 0) is 0 Å². The number of thioether (sulfide) groups is 1. The molecule has 0 atom stereocenters. The normalized spacial score (nSPS) is 17.4. The first-order valence-corrected chi connectivity index (χ1v) is 8.80. The van der Waals surface area contributed by atoms with Gasteiger partial charge in [-0.25, -0.2) is 4.99 Å². The summed E-state index contributed by atoms with van der Waals surface area (Å²) in [7, 11) is 0. The lowest BCUT2D eigenvalue weighted by molar-refractivity contribution is 0.265. The molecule has 2 aromatic rings. The molecule has 2 aromatic carbocycles. The van der Waals surface area contributed by atoms with Crippen LogP contribution in [0.1, 0.15) is 12.5 Å². The Morgan fingerprint density at radius 3 is 2.60 bits per heavy atom. The molecule has 1 aliphatic rings. The van der Waals surface area contributed by atoms with Crippen LogP contribution in [0, 0.1) is 0 Å². The number of nitrogens with one attached hydrogen (secondary N) is 1. The topological polar surface area (TPSA) is 50.7 Å². The summed E-state index contributed by atoms with van der Waals surface area (Å²) in [5.74, 6) is 1.37. The van der Waals surface area contributed by atoms with Gasteiger partial charge in [0, 0.05) is 0 Å². The number of hydrogen-bond acceptors (Lipinski definition) is 4. The van der Waals surface area contributed by atoms with E-state index < -0.39 is 0 Å². The SMILES string of the molecule is CCOc1ccc(N=C2NC(=O)SC2=CC=Cc2ccccc2)cc1. The van der Waals surface area contributed by atoms with Crippen molar-refractivity contribution in [1.82, 2.24) is 5.32 Å². The lowest BCUT2D eigenvalue weighted by Crippen LogP contribution is -2.18. The molecule has 5 heteroatoms. The number of amidine groups is 1. The molecule has 0 saturated carbocycles. The molecular weight excluding hydrogens is 332 g/mol. The van der Waals surface area contributed by atoms with Gasteiger partial charge in [-0.2, -0.15) is 0 Å². The average Bonchev–Trinajstić information content (AvgIpc) is 2.97. The highest BCUT2D eigenvalue weighted by atomic mass is 32.2. The van der Waals surface area contributed by atoms with E-state index in [1.807, 2.05) is 79.7 Å². The molecule has 1 amide bonds. The Labute approximate surface area is 151 Å². The van der Waals surface area contributed by atoms with Crippen molar-refractivity contribution in [3.63, 3.8) is 0 Å². The van der Waals surface area contributed by atoms with Gasteiger partial charge in [-0.1, -0.05) is 42.5 Å². The molecule has 126 valence electrons. The van der Waals surface area contributed by atoms with Gasteiger partial charge in [0.15, 0.2) is 0 Å². The van der Waals surface area contributed by atoms with E-state index in [0.29, 0.717) is 12.4 Å². The smallest absolute Gasteiger partial charge is 0.289 e. The van der Waals surface area contributed by atoms with Crippen LogP contribution in [0.3, 0.4) is 0 Å². The standard InChI is InChI=1S/C20H18N2O2S/c1-2-24-17-13-11-16(12-14-17)21-19-18(25-20(23)22-19)10-6-9-15-7-4-3-5-8-15/h3-14H,2H2,1H3,(H,21,22,23). The van der Waals surface area contributed by atoms with Gasteiger partial charge in [0.1, 0.15) is 11.6 Å². The minimum absolute atomic E-state index is 0.121. The Bertz CT molecular complexity index is 825. The molecule has 1 N–H and O–H groups in total. The molecular formula is C20H18N2O2S. The Balaban J connectivity index is 1.77. The summed E-state index contributed by atoms with van der Waals surface area (Å²) < 4.78 is 5.42. The van der Waals surface area contributed by atoms with E-state index >= 15 is 0 Å². The summed E-state index contributed by atoms with van der Waals surface area (Å²) in [5, 5.41) is 2.66. The number of amides is 1. The molecule has 1 aliphatic heterocycles. The molecule has 0 spiro atoms. The van der Waals surface area contributed by atoms with Gasteiger partial charge in [0.05, 0.1) is 17.2 Å². The van der Waals surface area contributed by atoms with E-state index in [4.69, 9.17) is 4.74 Å². The summed E-state index contributed by atoms with van der Waals surface area (Å²) in [6.07, 6.45) is 5.81. The third-order valence-corrected chi connectivity index (χ3v) is 4.22. The molecule has 3 rings (SSSR count). The maximum atomic E-state index is 11.7. The third-order valence-electron chi connectivity index (χ3n) is 3.38. The minimum atomic E-state index is -0.121. The van der Waals surface area contributed by atoms with Crippen LogP contribution >= 0.6 is 11.8 Å². The first-order valence-electron chi connectivity index (χ1n) is 7.99. The summed E-state index contributed by atoms with van der Waals surface area (Å²) >= 11 is 1.14. The Kier molecular flexibility index (Phi) is 5.69. The van der Waals surface area contributed by atoms with Crippen LogP contribution in [-0.4, -0.2) is 17.7 Å². The first-order chi connectivity index (χ1) is 12.2. The van der Waals surface area contributed by atoms with Crippen molar-refractivity contribution in [2.75, 3.05) is 6.61 Å². The van der Waals surface area contributed by atoms with Crippen LogP contribution < -0.4 is 10.1 Å². The number of ether oxygens (including phenoxy) is 1. The van der Waals surface area contributed by atoms with Gasteiger partial charge >= 0.3 is 0 Å². The highest BCUT2D eigenvalue weighted by molar-refractivity contribution is 8.18. The summed E-state index contributed by atoms with van der Waals surface area (Å²) in [6, 6.07) is 17.5. The zero-order chi connectivity index (χ0) is 17.5. The second kappa shape index (κ2) is 8.35. The summed E-state index contributed by atoms with van der Waals surface area (Å²) in [5.41, 5.74) is 1.87. The zero-order valence-corrected chi connectivity index (χ0v) is 14.6. The van der Waals surface area contributed by atoms with Crippen molar-refractivity contribution in [2.24, 2.45) is 4.99 Å². The molecule has 0 radical (unpaired) electrons. The van der Waals surface area contributed by atoms with Crippen molar-refractivity contribution in [2.45, 2.75) is 6.92 Å². The van der Waals surface area contributed by atoms with Crippen molar-refractivity contribution in [3.8, 4) is 5.75 Å². The molecule has 0 unspecified atom stereocenters. The van der Waals surface area contributed by atoms with E-state index in [0.717, 1.165) is 33.7 Å². The first kappa shape index (κ1) is 17.0. The maximum Gasteiger partial charge on any atom is 0.289 e. The van der Waals surface area contributed by atoms with E-state index in [-0.39, 0.29) is 5.24 Å². The third kappa shape index (κ3) is 4.84. The predicted molar refractivity (Wildman–Crippen MR) is 104 cm³/mol. The van der Waals surface area contributed by atoms with E-state index in [1.165, 1.54) is 0 Å². The average molecular weight is 350 g/mol. The second-order valence-electron chi connectivity index (χ2n) is 5.20. The fourth-order valence-corrected chi connectivity index (χ4v) is 2.94. The Hall–Kier alpha value is -2.79. The lowest BCUT2D eigenvalue weighted by Gasteiger charge is -2.03. The van der Waals surface area contributed by atoms with E-state index in [2.05, 4.69) is 10.3 Å². The van der Waals surface area contributed by atoms with Crippen LogP contribution in [0.5, 0.6) is 5.75 Å². The van der Waals surface area contributed by atoms with Gasteiger partial charge in [-0.15, -0.1) is 0 Å². The van der Waals surface area contributed by atoms with Gasteiger partial charge in [-0.05, 0) is 54.6 Å². The lowest BCUT2D eigenvalue weighted by atomic mass is 10.2. The van der Waals surface area contributed by atoms with Crippen molar-refractivity contribution in [1.29, 1.82) is 0 Å².